The highest BCUT2D eigenvalue weighted by Gasteiger charge is 2.09. The first-order chi connectivity index (χ1) is 13.4. The van der Waals surface area contributed by atoms with Crippen LogP contribution in [0.3, 0.4) is 0 Å². The zero-order valence-electron chi connectivity index (χ0n) is 15.4. The average molecular weight is 422 g/mol. The minimum Gasteiger partial charge on any atom is -0.484 e. The summed E-state index contributed by atoms with van der Waals surface area (Å²) in [6, 6.07) is 8.36. The smallest absolute Gasteiger partial charge is 0.269 e. The highest BCUT2D eigenvalue weighted by Crippen LogP contribution is 2.26. The van der Waals surface area contributed by atoms with E-state index in [0.717, 1.165) is 12.0 Å². The second-order valence-electron chi connectivity index (χ2n) is 5.93. The Balaban J connectivity index is 1.70. The van der Waals surface area contributed by atoms with E-state index in [-0.39, 0.29) is 18.4 Å². The molecule has 1 aromatic heterocycles. The number of halogens is 2. The topological polar surface area (TPSA) is 80.3 Å². The second kappa shape index (κ2) is 10.7. The molecule has 2 amide bonds. The van der Waals surface area contributed by atoms with Crippen LogP contribution in [0.1, 0.15) is 29.4 Å². The molecular weight excluding hydrogens is 401 g/mol. The van der Waals surface area contributed by atoms with Gasteiger partial charge in [0.1, 0.15) is 11.4 Å². The third-order valence-corrected chi connectivity index (χ3v) is 4.49. The fourth-order valence-corrected chi connectivity index (χ4v) is 2.54. The maximum Gasteiger partial charge on any atom is 0.269 e. The third-order valence-electron chi connectivity index (χ3n) is 3.75. The fraction of sp³-hybridized carbons (Fsp3) is 0.250. The first-order valence-corrected chi connectivity index (χ1v) is 9.43. The first kappa shape index (κ1) is 21.7. The second-order valence-corrected chi connectivity index (χ2v) is 6.74. The molecule has 0 bridgehead atoms. The van der Waals surface area contributed by atoms with Crippen LogP contribution in [-0.2, 0) is 11.2 Å². The maximum absolute atomic E-state index is 12.1. The van der Waals surface area contributed by atoms with Crippen LogP contribution in [0.4, 0.5) is 0 Å². The Morgan fingerprint density at radius 1 is 1.18 bits per heavy atom. The van der Waals surface area contributed by atoms with E-state index in [1.54, 1.807) is 24.4 Å². The Labute approximate surface area is 173 Å². The van der Waals surface area contributed by atoms with E-state index in [0.29, 0.717) is 40.2 Å². The molecule has 148 valence electrons. The van der Waals surface area contributed by atoms with E-state index < -0.39 is 0 Å². The quantitative estimate of drug-likeness (QED) is 0.645. The Morgan fingerprint density at radius 2 is 1.96 bits per heavy atom. The molecule has 0 radical (unpaired) electrons. The molecule has 1 aromatic carbocycles. The van der Waals surface area contributed by atoms with Gasteiger partial charge in [-0.1, -0.05) is 36.7 Å². The lowest BCUT2D eigenvalue weighted by Gasteiger charge is -2.11. The molecule has 0 atom stereocenters. The number of nitrogens with zero attached hydrogens (tertiary/aromatic N) is 1. The van der Waals surface area contributed by atoms with E-state index in [9.17, 15) is 9.59 Å². The van der Waals surface area contributed by atoms with Crippen molar-refractivity contribution in [2.75, 3.05) is 13.2 Å². The standard InChI is InChI=1S/C20H21Cl2N3O3/c1-3-14-7-9-23-18(10-14)20(27)24-8-6-13(2)25-19(26)12-28-15-4-5-16(21)17(22)11-15/h4-5,7,9-11H,2-3,6,8,12H2,1H3,(H,24,27)(H,25,26). The van der Waals surface area contributed by atoms with Crippen LogP contribution in [0.5, 0.6) is 5.75 Å². The van der Waals surface area contributed by atoms with Gasteiger partial charge in [0.2, 0.25) is 0 Å². The summed E-state index contributed by atoms with van der Waals surface area (Å²) >= 11 is 11.7. The molecule has 0 unspecified atom stereocenters. The molecule has 6 nitrogen and oxygen atoms in total. The largest absolute Gasteiger partial charge is 0.484 e. The molecule has 28 heavy (non-hydrogen) atoms. The molecular formula is C20H21Cl2N3O3. The van der Waals surface area contributed by atoms with E-state index in [1.807, 2.05) is 13.0 Å². The molecule has 0 saturated carbocycles. The van der Waals surface area contributed by atoms with Gasteiger partial charge in [-0.25, -0.2) is 0 Å². The molecule has 2 N–H and O–H groups in total. The van der Waals surface area contributed by atoms with Gasteiger partial charge in [0.25, 0.3) is 11.8 Å². The van der Waals surface area contributed by atoms with Crippen LogP contribution in [0.25, 0.3) is 0 Å². The summed E-state index contributed by atoms with van der Waals surface area (Å²) in [7, 11) is 0. The summed E-state index contributed by atoms with van der Waals surface area (Å²) in [6.07, 6.45) is 2.83. The van der Waals surface area contributed by atoms with E-state index in [4.69, 9.17) is 27.9 Å². The van der Waals surface area contributed by atoms with Crippen LogP contribution in [-0.4, -0.2) is 29.9 Å². The minimum absolute atomic E-state index is 0.197. The number of aromatic nitrogens is 1. The van der Waals surface area contributed by atoms with E-state index in [1.165, 1.54) is 6.07 Å². The molecule has 2 aromatic rings. The molecule has 8 heteroatoms. The maximum atomic E-state index is 12.1. The Morgan fingerprint density at radius 3 is 2.68 bits per heavy atom. The van der Waals surface area contributed by atoms with Crippen LogP contribution in [0, 0.1) is 0 Å². The lowest BCUT2D eigenvalue weighted by molar-refractivity contribution is -0.122. The van der Waals surface area contributed by atoms with Gasteiger partial charge in [-0.05, 0) is 36.2 Å². The average Bonchev–Trinajstić information content (AvgIpc) is 2.68. The molecule has 0 aliphatic heterocycles. The molecule has 0 aliphatic carbocycles. The predicted octanol–water partition coefficient (Wildman–Crippen LogP) is 3.78. The Kier molecular flexibility index (Phi) is 8.29. The van der Waals surface area contributed by atoms with Crippen molar-refractivity contribution in [3.8, 4) is 5.75 Å². The zero-order chi connectivity index (χ0) is 20.5. The Bertz CT molecular complexity index is 872. The van der Waals surface area contributed by atoms with Gasteiger partial charge in [-0.15, -0.1) is 0 Å². The van der Waals surface area contributed by atoms with Crippen molar-refractivity contribution in [1.82, 2.24) is 15.6 Å². The number of carbonyl (C=O) groups excluding carboxylic acids is 2. The normalized spacial score (nSPS) is 10.2. The van der Waals surface area contributed by atoms with Crippen molar-refractivity contribution >= 4 is 35.0 Å². The van der Waals surface area contributed by atoms with E-state index in [2.05, 4.69) is 22.2 Å². The molecule has 0 fully saturated rings. The van der Waals surface area contributed by atoms with Crippen molar-refractivity contribution in [3.05, 3.63) is 70.1 Å². The fourth-order valence-electron chi connectivity index (χ4n) is 2.25. The van der Waals surface area contributed by atoms with Gasteiger partial charge < -0.3 is 15.4 Å². The SMILES string of the molecule is C=C(CCNC(=O)c1cc(CC)ccn1)NC(=O)COc1ccc(Cl)c(Cl)c1. The number of benzene rings is 1. The van der Waals surface area contributed by atoms with Gasteiger partial charge in [0.15, 0.2) is 6.61 Å². The van der Waals surface area contributed by atoms with Gasteiger partial charge in [0.05, 0.1) is 10.0 Å². The van der Waals surface area contributed by atoms with Crippen LogP contribution < -0.4 is 15.4 Å². The monoisotopic (exact) mass is 421 g/mol. The number of aryl methyl sites for hydroxylation is 1. The van der Waals surface area contributed by atoms with Gasteiger partial charge in [0, 0.05) is 30.9 Å². The highest BCUT2D eigenvalue weighted by molar-refractivity contribution is 6.42. The van der Waals surface area contributed by atoms with Crippen LogP contribution in [0.15, 0.2) is 48.8 Å². The van der Waals surface area contributed by atoms with Gasteiger partial charge in [-0.3, -0.25) is 14.6 Å². The molecule has 0 spiro atoms. The molecule has 1 heterocycles. The summed E-state index contributed by atoms with van der Waals surface area (Å²) in [5, 5.41) is 6.13. The predicted molar refractivity (Wildman–Crippen MR) is 110 cm³/mol. The number of ether oxygens (including phenoxy) is 1. The summed E-state index contributed by atoms with van der Waals surface area (Å²) in [6.45, 7) is 5.91. The van der Waals surface area contributed by atoms with Crippen molar-refractivity contribution < 1.29 is 14.3 Å². The number of carbonyl (C=O) groups is 2. The number of hydrogen-bond acceptors (Lipinski definition) is 4. The molecule has 0 saturated heterocycles. The minimum atomic E-state index is -0.361. The summed E-state index contributed by atoms with van der Waals surface area (Å²) in [4.78, 5) is 28.1. The molecule has 2 rings (SSSR count). The lowest BCUT2D eigenvalue weighted by Crippen LogP contribution is -2.31. The number of pyridine rings is 1. The van der Waals surface area contributed by atoms with Gasteiger partial charge in [-0.2, -0.15) is 0 Å². The third kappa shape index (κ3) is 6.87. The van der Waals surface area contributed by atoms with Crippen molar-refractivity contribution in [1.29, 1.82) is 0 Å². The zero-order valence-corrected chi connectivity index (χ0v) is 16.9. The van der Waals surface area contributed by atoms with Gasteiger partial charge >= 0.3 is 0 Å². The highest BCUT2D eigenvalue weighted by atomic mass is 35.5. The van der Waals surface area contributed by atoms with Crippen molar-refractivity contribution in [2.24, 2.45) is 0 Å². The van der Waals surface area contributed by atoms with Crippen molar-refractivity contribution in [2.45, 2.75) is 19.8 Å². The number of amides is 2. The van der Waals surface area contributed by atoms with Crippen LogP contribution in [0.2, 0.25) is 10.0 Å². The number of hydrogen-bond donors (Lipinski definition) is 2. The molecule has 0 aliphatic rings. The Hall–Kier alpha value is -2.57. The number of rotatable bonds is 9. The summed E-state index contributed by atoms with van der Waals surface area (Å²) in [5.74, 6) is -0.193. The summed E-state index contributed by atoms with van der Waals surface area (Å²) < 4.78 is 5.35. The number of nitrogens with one attached hydrogen (secondary N) is 2. The van der Waals surface area contributed by atoms with Crippen molar-refractivity contribution in [3.63, 3.8) is 0 Å². The summed E-state index contributed by atoms with van der Waals surface area (Å²) in [5.41, 5.74) is 1.88. The first-order valence-electron chi connectivity index (χ1n) is 8.67. The van der Waals surface area contributed by atoms with E-state index >= 15 is 0 Å². The van der Waals surface area contributed by atoms with Crippen LogP contribution >= 0.6 is 23.2 Å². The lowest BCUT2D eigenvalue weighted by atomic mass is 10.2.